The minimum Gasteiger partial charge on any atom is -0.494 e. The van der Waals surface area contributed by atoms with Crippen LogP contribution >= 0.6 is 0 Å². The highest BCUT2D eigenvalue weighted by Gasteiger charge is 2.34. The molecule has 10 nitrogen and oxygen atoms in total. The molecule has 0 radical (unpaired) electrons. The molecule has 0 unspecified atom stereocenters. The molecule has 2 amide bonds. The number of hydrogen-bond acceptors (Lipinski definition) is 8. The van der Waals surface area contributed by atoms with E-state index in [4.69, 9.17) is 9.57 Å². The first kappa shape index (κ1) is 26.5. The van der Waals surface area contributed by atoms with Crippen LogP contribution in [0, 0.1) is 18.7 Å². The van der Waals surface area contributed by atoms with Gasteiger partial charge in [-0.1, -0.05) is 11.2 Å². The lowest BCUT2D eigenvalue weighted by Gasteiger charge is -2.31. The molecule has 1 aliphatic heterocycles. The second-order valence-corrected chi connectivity index (χ2v) is 9.52. The van der Waals surface area contributed by atoms with Gasteiger partial charge in [-0.2, -0.15) is 0 Å². The van der Waals surface area contributed by atoms with E-state index in [9.17, 15) is 19.1 Å². The molecule has 0 bridgehead atoms. The van der Waals surface area contributed by atoms with E-state index < -0.39 is 11.9 Å². The molecule has 4 rings (SSSR count). The summed E-state index contributed by atoms with van der Waals surface area (Å²) in [6.45, 7) is 3.35. The average molecular weight is 514 g/mol. The number of oxime groups is 1. The second-order valence-electron chi connectivity index (χ2n) is 9.52. The molecule has 37 heavy (non-hydrogen) atoms. The fourth-order valence-electron chi connectivity index (χ4n) is 4.68. The third kappa shape index (κ3) is 6.59. The van der Waals surface area contributed by atoms with Crippen LogP contribution in [0.15, 0.2) is 29.4 Å². The second kappa shape index (κ2) is 11.6. The van der Waals surface area contributed by atoms with Gasteiger partial charge in [0.05, 0.1) is 12.8 Å². The zero-order valence-corrected chi connectivity index (χ0v) is 21.2. The number of aryl methyl sites for hydroxylation is 1. The van der Waals surface area contributed by atoms with Gasteiger partial charge in [0.2, 0.25) is 5.91 Å². The van der Waals surface area contributed by atoms with Gasteiger partial charge >= 0.3 is 0 Å². The Morgan fingerprint density at radius 2 is 1.97 bits per heavy atom. The number of aliphatic hydroxyl groups is 1. The molecule has 3 N–H and O–H groups in total. The summed E-state index contributed by atoms with van der Waals surface area (Å²) < 4.78 is 18.6. The molecule has 0 spiro atoms. The lowest BCUT2D eigenvalue weighted by atomic mass is 9.81. The first-order valence-corrected chi connectivity index (χ1v) is 12.4. The highest BCUT2D eigenvalue weighted by Crippen LogP contribution is 2.33. The highest BCUT2D eigenvalue weighted by atomic mass is 19.1. The van der Waals surface area contributed by atoms with Gasteiger partial charge in [-0.3, -0.25) is 9.59 Å². The number of carbonyl (C=O) groups is 2. The van der Waals surface area contributed by atoms with E-state index >= 15 is 0 Å². The van der Waals surface area contributed by atoms with Gasteiger partial charge in [0, 0.05) is 19.0 Å². The van der Waals surface area contributed by atoms with Gasteiger partial charge in [0.15, 0.2) is 11.6 Å². The summed E-state index contributed by atoms with van der Waals surface area (Å²) in [5.41, 5.74) is 2.10. The Morgan fingerprint density at radius 3 is 2.68 bits per heavy atom. The lowest BCUT2D eigenvalue weighted by Crippen LogP contribution is -2.43. The van der Waals surface area contributed by atoms with Crippen LogP contribution in [-0.4, -0.2) is 58.0 Å². The molecule has 2 aromatic rings. The number of methoxy groups -OCH3 is 1. The molecule has 198 valence electrons. The Hall–Kier alpha value is -3.60. The topological polar surface area (TPSA) is 135 Å². The number of ether oxygens (including phenoxy) is 1. The summed E-state index contributed by atoms with van der Waals surface area (Å²) >= 11 is 0. The Bertz CT molecular complexity index is 1180. The molecule has 2 atom stereocenters. The maximum atomic E-state index is 13.6. The summed E-state index contributed by atoms with van der Waals surface area (Å²) in [6.07, 6.45) is 2.85. The molecule has 1 fully saturated rings. The Kier molecular flexibility index (Phi) is 8.32. The zero-order chi connectivity index (χ0) is 26.5. The van der Waals surface area contributed by atoms with Crippen molar-refractivity contribution in [3.63, 3.8) is 0 Å². The number of rotatable bonds is 8. The Balaban J connectivity index is 1.33. The number of benzene rings is 1. The zero-order valence-electron chi connectivity index (χ0n) is 21.2. The van der Waals surface area contributed by atoms with Crippen LogP contribution in [-0.2, 0) is 16.2 Å². The molecule has 1 aromatic carbocycles. The quantitative estimate of drug-likeness (QED) is 0.493. The first-order chi connectivity index (χ1) is 17.7. The molecule has 11 heteroatoms. The molecule has 2 heterocycles. The SMILES string of the molecule is COc1cc(CNC(=O)c2cc(C3=NO[C@H]([C@H]4CC[C@H](NC(=O)[C@H](C)O)CC4)C3)nc(C)n2)ccc1F. The largest absolute Gasteiger partial charge is 0.494 e. The summed E-state index contributed by atoms with van der Waals surface area (Å²) in [7, 11) is 1.38. The van der Waals surface area contributed by atoms with Crippen molar-refractivity contribution in [3.8, 4) is 5.75 Å². The summed E-state index contributed by atoms with van der Waals surface area (Å²) in [4.78, 5) is 39.0. The van der Waals surface area contributed by atoms with Crippen molar-refractivity contribution in [2.75, 3.05) is 7.11 Å². The van der Waals surface area contributed by atoms with Crippen molar-refractivity contribution in [3.05, 3.63) is 52.9 Å². The maximum absolute atomic E-state index is 13.6. The van der Waals surface area contributed by atoms with E-state index in [0.717, 1.165) is 25.7 Å². The van der Waals surface area contributed by atoms with Gasteiger partial charge < -0.3 is 25.3 Å². The van der Waals surface area contributed by atoms with Gasteiger partial charge in [0.1, 0.15) is 29.4 Å². The number of nitrogens with one attached hydrogen (secondary N) is 2. The van der Waals surface area contributed by atoms with Crippen molar-refractivity contribution in [1.82, 2.24) is 20.6 Å². The van der Waals surface area contributed by atoms with Crippen LogP contribution in [0.3, 0.4) is 0 Å². The average Bonchev–Trinajstić information content (AvgIpc) is 3.38. The summed E-state index contributed by atoms with van der Waals surface area (Å²) in [5.74, 6) is -0.362. The van der Waals surface area contributed by atoms with Crippen LogP contribution in [0.2, 0.25) is 0 Å². The van der Waals surface area contributed by atoms with Gasteiger partial charge in [0.25, 0.3) is 5.91 Å². The van der Waals surface area contributed by atoms with Crippen molar-refractivity contribution < 1.29 is 28.7 Å². The number of hydrogen-bond donors (Lipinski definition) is 3. The molecule has 1 aromatic heterocycles. The first-order valence-electron chi connectivity index (χ1n) is 12.4. The standard InChI is InChI=1S/C26H32FN5O5/c1-14(33)25(34)31-18-7-5-17(6-8-18)23-12-21(32-37-23)20-11-22(30-15(2)29-20)26(35)28-13-16-4-9-19(27)24(10-16)36-3/h4,9-11,14,17-18,23,33H,5-8,12-13H2,1-3H3,(H,28,35)(H,31,34)/t14-,17-,18-,23-/m0/s1. The smallest absolute Gasteiger partial charge is 0.270 e. The number of halogens is 1. The van der Waals surface area contributed by atoms with Crippen LogP contribution < -0.4 is 15.4 Å². The Labute approximate surface area is 214 Å². The van der Waals surface area contributed by atoms with Crippen LogP contribution in [0.5, 0.6) is 5.75 Å². The monoisotopic (exact) mass is 513 g/mol. The normalized spacial score (nSPS) is 22.0. The van der Waals surface area contributed by atoms with Crippen LogP contribution in [0.4, 0.5) is 4.39 Å². The third-order valence-corrected chi connectivity index (χ3v) is 6.75. The van der Waals surface area contributed by atoms with Crippen molar-refractivity contribution in [2.45, 2.75) is 70.7 Å². The fourth-order valence-corrected chi connectivity index (χ4v) is 4.68. The molecular formula is C26H32FN5O5. The van der Waals surface area contributed by atoms with Crippen LogP contribution in [0.1, 0.15) is 66.6 Å². The highest BCUT2D eigenvalue weighted by molar-refractivity contribution is 6.01. The van der Waals surface area contributed by atoms with Gasteiger partial charge in [-0.15, -0.1) is 0 Å². The number of aromatic nitrogens is 2. The van der Waals surface area contributed by atoms with E-state index in [1.165, 1.54) is 26.2 Å². The minimum atomic E-state index is -1.01. The molecule has 0 saturated heterocycles. The fraction of sp³-hybridized carbons (Fsp3) is 0.500. The van der Waals surface area contributed by atoms with E-state index in [1.807, 2.05) is 0 Å². The number of aliphatic hydroxyl groups excluding tert-OH is 1. The van der Waals surface area contributed by atoms with E-state index in [2.05, 4.69) is 25.8 Å². The van der Waals surface area contributed by atoms with E-state index in [0.29, 0.717) is 35.1 Å². The lowest BCUT2D eigenvalue weighted by molar-refractivity contribution is -0.129. The minimum absolute atomic E-state index is 0.0572. The predicted octanol–water partition coefficient (Wildman–Crippen LogP) is 2.41. The summed E-state index contributed by atoms with van der Waals surface area (Å²) in [5, 5.41) is 19.3. The number of nitrogens with zero attached hydrogens (tertiary/aromatic N) is 3. The number of amides is 2. The number of carbonyl (C=O) groups excluding carboxylic acids is 2. The van der Waals surface area contributed by atoms with Gasteiger partial charge in [-0.05, 0) is 69.2 Å². The van der Waals surface area contributed by atoms with E-state index in [-0.39, 0.29) is 41.9 Å². The molecule has 2 aliphatic rings. The van der Waals surface area contributed by atoms with Gasteiger partial charge in [-0.25, -0.2) is 14.4 Å². The van der Waals surface area contributed by atoms with Crippen molar-refractivity contribution >= 4 is 17.5 Å². The molecular weight excluding hydrogens is 481 g/mol. The van der Waals surface area contributed by atoms with Crippen molar-refractivity contribution in [1.29, 1.82) is 0 Å². The Morgan fingerprint density at radius 1 is 1.22 bits per heavy atom. The van der Waals surface area contributed by atoms with Crippen molar-refractivity contribution in [2.24, 2.45) is 11.1 Å². The van der Waals surface area contributed by atoms with E-state index in [1.54, 1.807) is 19.1 Å². The predicted molar refractivity (Wildman–Crippen MR) is 132 cm³/mol. The summed E-state index contributed by atoms with van der Waals surface area (Å²) in [6, 6.07) is 6.06. The molecule has 1 aliphatic carbocycles. The third-order valence-electron chi connectivity index (χ3n) is 6.75. The van der Waals surface area contributed by atoms with Crippen LogP contribution in [0.25, 0.3) is 0 Å². The maximum Gasteiger partial charge on any atom is 0.270 e. The molecule has 1 saturated carbocycles.